The first kappa shape index (κ1) is 19.9. The molecule has 3 rings (SSSR count). The second-order valence-corrected chi connectivity index (χ2v) is 9.00. The van der Waals surface area contributed by atoms with E-state index in [1.54, 1.807) is 29.2 Å². The Balaban J connectivity index is 1.59. The summed E-state index contributed by atoms with van der Waals surface area (Å²) in [5.41, 5.74) is 1.32. The standard InChI is InChI=1S/C20H22N2O5S/c1-28(25,26)11-10-27-18-9-5-6-16(13-18)21-20(24)15-12-19(23)22(14-15)17-7-3-2-4-8-17/h2-9,13,15H,10-12,14H2,1H3,(H,21,24). The number of benzene rings is 2. The molecular formula is C20H22N2O5S. The highest BCUT2D eigenvalue weighted by molar-refractivity contribution is 7.90. The van der Waals surface area contributed by atoms with E-state index >= 15 is 0 Å². The Morgan fingerprint density at radius 2 is 1.93 bits per heavy atom. The zero-order valence-corrected chi connectivity index (χ0v) is 16.3. The van der Waals surface area contributed by atoms with Gasteiger partial charge in [0.2, 0.25) is 11.8 Å². The highest BCUT2D eigenvalue weighted by Gasteiger charge is 2.35. The molecule has 2 aromatic rings. The molecule has 0 aromatic heterocycles. The van der Waals surface area contributed by atoms with Gasteiger partial charge in [-0.15, -0.1) is 0 Å². The Kier molecular flexibility index (Phi) is 5.99. The summed E-state index contributed by atoms with van der Waals surface area (Å²) in [6, 6.07) is 16.0. The number of nitrogens with one attached hydrogen (secondary N) is 1. The molecule has 1 N–H and O–H groups in total. The van der Waals surface area contributed by atoms with Crippen molar-refractivity contribution in [1.29, 1.82) is 0 Å². The number of anilines is 2. The molecule has 1 unspecified atom stereocenters. The first-order chi connectivity index (χ1) is 13.3. The number of carbonyl (C=O) groups is 2. The number of carbonyl (C=O) groups excluding carboxylic acids is 2. The van der Waals surface area contributed by atoms with Crippen LogP contribution in [0.5, 0.6) is 5.75 Å². The van der Waals surface area contributed by atoms with Crippen LogP contribution in [0, 0.1) is 5.92 Å². The van der Waals surface area contributed by atoms with Crippen molar-refractivity contribution in [1.82, 2.24) is 0 Å². The number of rotatable bonds is 7. The first-order valence-electron chi connectivity index (χ1n) is 8.89. The van der Waals surface area contributed by atoms with Crippen molar-refractivity contribution in [2.45, 2.75) is 6.42 Å². The Labute approximate surface area is 164 Å². The quantitative estimate of drug-likeness (QED) is 0.766. The molecule has 0 spiro atoms. The van der Waals surface area contributed by atoms with E-state index in [4.69, 9.17) is 4.74 Å². The SMILES string of the molecule is CS(=O)(=O)CCOc1cccc(NC(=O)C2CC(=O)N(c3ccccc3)C2)c1. The fourth-order valence-corrected chi connectivity index (χ4v) is 3.35. The number of ether oxygens (including phenoxy) is 1. The minimum absolute atomic E-state index is 0.0411. The van der Waals surface area contributed by atoms with E-state index in [1.165, 1.54) is 0 Å². The van der Waals surface area contributed by atoms with E-state index in [9.17, 15) is 18.0 Å². The minimum atomic E-state index is -3.10. The Hall–Kier alpha value is -2.87. The molecule has 2 aromatic carbocycles. The van der Waals surface area contributed by atoms with Crippen LogP contribution < -0.4 is 15.0 Å². The first-order valence-corrected chi connectivity index (χ1v) is 10.9. The van der Waals surface area contributed by atoms with Crippen LogP contribution in [0.2, 0.25) is 0 Å². The molecule has 1 atom stereocenters. The molecule has 8 heteroatoms. The van der Waals surface area contributed by atoms with Crippen LogP contribution in [-0.4, -0.2) is 45.4 Å². The molecule has 7 nitrogen and oxygen atoms in total. The summed E-state index contributed by atoms with van der Waals surface area (Å²) in [5, 5.41) is 2.81. The Morgan fingerprint density at radius 1 is 1.18 bits per heavy atom. The van der Waals surface area contributed by atoms with Gasteiger partial charge >= 0.3 is 0 Å². The largest absolute Gasteiger partial charge is 0.492 e. The van der Waals surface area contributed by atoms with Gasteiger partial charge in [-0.05, 0) is 24.3 Å². The predicted molar refractivity (Wildman–Crippen MR) is 107 cm³/mol. The minimum Gasteiger partial charge on any atom is -0.492 e. The molecule has 28 heavy (non-hydrogen) atoms. The van der Waals surface area contributed by atoms with E-state index in [-0.39, 0.29) is 30.6 Å². The van der Waals surface area contributed by atoms with Crippen LogP contribution >= 0.6 is 0 Å². The third kappa shape index (κ3) is 5.32. The van der Waals surface area contributed by atoms with E-state index < -0.39 is 15.8 Å². The molecule has 1 aliphatic rings. The average Bonchev–Trinajstić information content (AvgIpc) is 3.04. The maximum absolute atomic E-state index is 12.6. The van der Waals surface area contributed by atoms with Gasteiger partial charge in [0, 0.05) is 36.7 Å². The van der Waals surface area contributed by atoms with Crippen molar-refractivity contribution in [3.63, 3.8) is 0 Å². The van der Waals surface area contributed by atoms with Crippen molar-refractivity contribution in [3.8, 4) is 5.75 Å². The number of hydrogen-bond donors (Lipinski definition) is 1. The number of sulfone groups is 1. The van der Waals surface area contributed by atoms with Crippen LogP contribution in [0.3, 0.4) is 0 Å². The average molecular weight is 402 g/mol. The van der Waals surface area contributed by atoms with E-state index in [1.807, 2.05) is 30.3 Å². The van der Waals surface area contributed by atoms with Crippen molar-refractivity contribution in [3.05, 3.63) is 54.6 Å². The fourth-order valence-electron chi connectivity index (χ4n) is 2.96. The van der Waals surface area contributed by atoms with E-state index in [2.05, 4.69) is 5.32 Å². The van der Waals surface area contributed by atoms with Crippen LogP contribution in [0.25, 0.3) is 0 Å². The zero-order valence-electron chi connectivity index (χ0n) is 15.5. The molecule has 148 valence electrons. The number of para-hydroxylation sites is 1. The predicted octanol–water partition coefficient (Wildman–Crippen LogP) is 2.10. The summed E-state index contributed by atoms with van der Waals surface area (Å²) >= 11 is 0. The molecule has 2 amide bonds. The maximum atomic E-state index is 12.6. The summed E-state index contributed by atoms with van der Waals surface area (Å²) in [6.45, 7) is 0.374. The fraction of sp³-hybridized carbons (Fsp3) is 0.300. The van der Waals surface area contributed by atoms with E-state index in [0.717, 1.165) is 11.9 Å². The molecule has 1 saturated heterocycles. The monoisotopic (exact) mass is 402 g/mol. The Bertz CT molecular complexity index is 960. The number of nitrogens with zero attached hydrogens (tertiary/aromatic N) is 1. The number of hydrogen-bond acceptors (Lipinski definition) is 5. The molecule has 1 heterocycles. The Morgan fingerprint density at radius 3 is 2.64 bits per heavy atom. The van der Waals surface area contributed by atoms with Gasteiger partial charge in [-0.1, -0.05) is 24.3 Å². The summed E-state index contributed by atoms with van der Waals surface area (Å²) in [7, 11) is -3.10. The third-order valence-corrected chi connectivity index (χ3v) is 5.30. The summed E-state index contributed by atoms with van der Waals surface area (Å²) in [5.74, 6) is -0.370. The smallest absolute Gasteiger partial charge is 0.229 e. The van der Waals surface area contributed by atoms with Gasteiger partial charge in [0.05, 0.1) is 11.7 Å². The van der Waals surface area contributed by atoms with Crippen molar-refractivity contribution >= 4 is 33.0 Å². The molecular weight excluding hydrogens is 380 g/mol. The molecule has 0 saturated carbocycles. The van der Waals surface area contributed by atoms with Gasteiger partial charge in [-0.3, -0.25) is 9.59 Å². The molecule has 0 aliphatic carbocycles. The lowest BCUT2D eigenvalue weighted by atomic mass is 10.1. The van der Waals surface area contributed by atoms with Gasteiger partial charge in [0.25, 0.3) is 0 Å². The number of amides is 2. The second kappa shape index (κ2) is 8.43. The summed E-state index contributed by atoms with van der Waals surface area (Å²) in [6.07, 6.45) is 1.31. The van der Waals surface area contributed by atoms with E-state index in [0.29, 0.717) is 18.0 Å². The lowest BCUT2D eigenvalue weighted by Crippen LogP contribution is -2.28. The third-order valence-electron chi connectivity index (χ3n) is 4.39. The van der Waals surface area contributed by atoms with Crippen LogP contribution in [0.1, 0.15) is 6.42 Å². The van der Waals surface area contributed by atoms with Gasteiger partial charge < -0.3 is 15.0 Å². The van der Waals surface area contributed by atoms with Crippen molar-refractivity contribution in [2.24, 2.45) is 5.92 Å². The maximum Gasteiger partial charge on any atom is 0.229 e. The van der Waals surface area contributed by atoms with Crippen molar-refractivity contribution < 1.29 is 22.7 Å². The normalized spacial score (nSPS) is 16.8. The topological polar surface area (TPSA) is 92.8 Å². The molecule has 0 bridgehead atoms. The highest BCUT2D eigenvalue weighted by atomic mass is 32.2. The van der Waals surface area contributed by atoms with Gasteiger partial charge in [-0.2, -0.15) is 0 Å². The van der Waals surface area contributed by atoms with Crippen LogP contribution in [0.15, 0.2) is 54.6 Å². The lowest BCUT2D eigenvalue weighted by Gasteiger charge is -2.16. The zero-order chi connectivity index (χ0) is 20.1. The second-order valence-electron chi connectivity index (χ2n) is 6.74. The van der Waals surface area contributed by atoms with Gasteiger partial charge in [0.15, 0.2) is 9.84 Å². The van der Waals surface area contributed by atoms with Gasteiger partial charge in [-0.25, -0.2) is 8.42 Å². The summed E-state index contributed by atoms with van der Waals surface area (Å²) in [4.78, 5) is 26.5. The molecule has 0 radical (unpaired) electrons. The van der Waals surface area contributed by atoms with Crippen LogP contribution in [0.4, 0.5) is 11.4 Å². The molecule has 1 aliphatic heterocycles. The van der Waals surface area contributed by atoms with Crippen LogP contribution in [-0.2, 0) is 19.4 Å². The highest BCUT2D eigenvalue weighted by Crippen LogP contribution is 2.26. The molecule has 1 fully saturated rings. The van der Waals surface area contributed by atoms with Gasteiger partial charge in [0.1, 0.15) is 12.4 Å². The van der Waals surface area contributed by atoms with Crippen molar-refractivity contribution in [2.75, 3.05) is 35.4 Å². The summed E-state index contributed by atoms with van der Waals surface area (Å²) < 4.78 is 27.8. The lowest BCUT2D eigenvalue weighted by molar-refractivity contribution is -0.122.